The van der Waals surface area contributed by atoms with Crippen molar-refractivity contribution in [3.8, 4) is 28.2 Å². The molecule has 4 heteroatoms. The number of fused-ring (bicyclic) bond motifs is 3. The highest BCUT2D eigenvalue weighted by atomic mass is 35.5. The predicted octanol–water partition coefficient (Wildman–Crippen LogP) is 7.56. The third kappa shape index (κ3) is 3.06. The van der Waals surface area contributed by atoms with Gasteiger partial charge in [-0.05, 0) is 41.4 Å². The van der Waals surface area contributed by atoms with Gasteiger partial charge < -0.3 is 4.57 Å². The molecule has 0 saturated carbocycles. The summed E-state index contributed by atoms with van der Waals surface area (Å²) in [6, 6.07) is 37.4. The first-order chi connectivity index (χ1) is 15.8. The molecule has 0 saturated heterocycles. The fourth-order valence-corrected chi connectivity index (χ4v) is 4.53. The molecule has 0 spiro atoms. The van der Waals surface area contributed by atoms with E-state index in [2.05, 4.69) is 87.3 Å². The van der Waals surface area contributed by atoms with Crippen LogP contribution >= 0.6 is 11.6 Å². The van der Waals surface area contributed by atoms with Gasteiger partial charge in [-0.3, -0.25) is 0 Å². The van der Waals surface area contributed by atoms with Gasteiger partial charge in [-0.25, -0.2) is 9.97 Å². The summed E-state index contributed by atoms with van der Waals surface area (Å²) in [5.41, 5.74) is 7.10. The summed E-state index contributed by atoms with van der Waals surface area (Å²) >= 11 is 6.35. The Hall–Kier alpha value is -3.95. The van der Waals surface area contributed by atoms with Crippen molar-refractivity contribution in [2.24, 2.45) is 0 Å². The van der Waals surface area contributed by atoms with Crippen molar-refractivity contribution in [1.29, 1.82) is 0 Å². The Labute approximate surface area is 190 Å². The van der Waals surface area contributed by atoms with Gasteiger partial charge in [-0.15, -0.1) is 0 Å². The normalized spacial score (nSPS) is 11.3. The summed E-state index contributed by atoms with van der Waals surface area (Å²) < 4.78 is 2.30. The topological polar surface area (TPSA) is 30.7 Å². The van der Waals surface area contributed by atoms with Crippen molar-refractivity contribution in [2.45, 2.75) is 0 Å². The van der Waals surface area contributed by atoms with Gasteiger partial charge in [0.05, 0.1) is 27.8 Å². The smallest absolute Gasteiger partial charge is 0.223 e. The number of hydrogen-bond acceptors (Lipinski definition) is 2. The van der Waals surface area contributed by atoms with Crippen LogP contribution in [0.25, 0.3) is 50.0 Å². The summed E-state index contributed by atoms with van der Waals surface area (Å²) in [6.45, 7) is 0. The maximum absolute atomic E-state index is 6.35. The lowest BCUT2D eigenvalue weighted by Crippen LogP contribution is -1.99. The predicted molar refractivity (Wildman–Crippen MR) is 132 cm³/mol. The number of nitrogens with zero attached hydrogens (tertiary/aromatic N) is 3. The molecule has 4 aromatic carbocycles. The van der Waals surface area contributed by atoms with Crippen molar-refractivity contribution in [2.75, 3.05) is 0 Å². The van der Waals surface area contributed by atoms with Crippen LogP contribution in [0, 0.1) is 0 Å². The third-order valence-corrected chi connectivity index (χ3v) is 5.90. The minimum absolute atomic E-state index is 0.247. The van der Waals surface area contributed by atoms with Crippen LogP contribution in [0.3, 0.4) is 0 Å². The third-order valence-electron chi connectivity index (χ3n) is 5.73. The number of aromatic nitrogens is 3. The van der Waals surface area contributed by atoms with Gasteiger partial charge in [0, 0.05) is 16.6 Å². The Morgan fingerprint density at radius 1 is 0.625 bits per heavy atom. The minimum atomic E-state index is 0.247. The minimum Gasteiger partial charge on any atom is -0.309 e. The van der Waals surface area contributed by atoms with Crippen LogP contribution in [0.1, 0.15) is 0 Å². The second-order valence-corrected chi connectivity index (χ2v) is 8.01. The molecule has 0 bridgehead atoms. The van der Waals surface area contributed by atoms with Crippen molar-refractivity contribution in [3.05, 3.63) is 114 Å². The molecule has 0 radical (unpaired) electrons. The van der Waals surface area contributed by atoms with E-state index in [4.69, 9.17) is 11.6 Å². The van der Waals surface area contributed by atoms with Gasteiger partial charge in [0.15, 0.2) is 0 Å². The Balaban J connectivity index is 1.81. The van der Waals surface area contributed by atoms with Crippen molar-refractivity contribution in [1.82, 2.24) is 14.5 Å². The quantitative estimate of drug-likeness (QED) is 0.270. The van der Waals surface area contributed by atoms with Gasteiger partial charge in [-0.2, -0.15) is 0 Å². The number of halogens is 1. The molecule has 0 N–H and O–H groups in total. The molecule has 0 aliphatic heterocycles. The van der Waals surface area contributed by atoms with Crippen LogP contribution in [-0.2, 0) is 0 Å². The van der Waals surface area contributed by atoms with E-state index < -0.39 is 0 Å². The lowest BCUT2D eigenvalue weighted by Gasteiger charge is -2.14. The highest BCUT2D eigenvalue weighted by molar-refractivity contribution is 6.29. The molecular weight excluding hydrogens is 414 g/mol. The summed E-state index contributed by atoms with van der Waals surface area (Å²) in [5, 5.41) is 2.37. The van der Waals surface area contributed by atoms with Crippen LogP contribution in [0.5, 0.6) is 0 Å². The molecule has 6 rings (SSSR count). The maximum atomic E-state index is 6.35. The fourth-order valence-electron chi connectivity index (χ4n) is 4.36. The highest BCUT2D eigenvalue weighted by Crippen LogP contribution is 2.39. The van der Waals surface area contributed by atoms with Crippen molar-refractivity contribution >= 4 is 33.4 Å². The molecule has 0 aliphatic rings. The van der Waals surface area contributed by atoms with Crippen LogP contribution in [0.15, 0.2) is 109 Å². The van der Waals surface area contributed by atoms with Gasteiger partial charge in [0.2, 0.25) is 5.28 Å². The molecule has 0 unspecified atom stereocenters. The first-order valence-electron chi connectivity index (χ1n) is 10.5. The van der Waals surface area contributed by atoms with Crippen LogP contribution < -0.4 is 0 Å². The standard InChI is InChI=1S/C28H18ClN3/c29-28-30-23-17-16-21-18-24(19-10-4-1-5-11-19)32(22-14-8-3-9-15-22)27(21)25(23)26(31-28)20-12-6-2-7-13-20/h1-18H. The maximum Gasteiger partial charge on any atom is 0.223 e. The Bertz CT molecular complexity index is 1560. The summed E-state index contributed by atoms with van der Waals surface area (Å²) in [5.74, 6) is 0. The number of rotatable bonds is 3. The molecular formula is C28H18ClN3. The molecule has 2 aromatic heterocycles. The number of hydrogen-bond donors (Lipinski definition) is 0. The number of benzene rings is 4. The molecule has 152 valence electrons. The zero-order valence-electron chi connectivity index (χ0n) is 17.1. The summed E-state index contributed by atoms with van der Waals surface area (Å²) in [6.07, 6.45) is 0. The molecule has 0 aliphatic carbocycles. The second kappa shape index (κ2) is 7.63. The van der Waals surface area contributed by atoms with Crippen LogP contribution in [-0.4, -0.2) is 14.5 Å². The summed E-state index contributed by atoms with van der Waals surface area (Å²) in [4.78, 5) is 9.25. The fraction of sp³-hybridized carbons (Fsp3) is 0. The van der Waals surface area contributed by atoms with Crippen LogP contribution in [0.2, 0.25) is 5.28 Å². The van der Waals surface area contributed by atoms with E-state index in [0.717, 1.165) is 50.0 Å². The van der Waals surface area contributed by atoms with E-state index in [0.29, 0.717) is 0 Å². The first-order valence-corrected chi connectivity index (χ1v) is 10.9. The molecule has 32 heavy (non-hydrogen) atoms. The van der Waals surface area contributed by atoms with E-state index in [-0.39, 0.29) is 5.28 Å². The molecule has 0 fully saturated rings. The molecule has 2 heterocycles. The zero-order chi connectivity index (χ0) is 21.5. The van der Waals surface area contributed by atoms with Crippen LogP contribution in [0.4, 0.5) is 0 Å². The van der Waals surface area contributed by atoms with Crippen molar-refractivity contribution in [3.63, 3.8) is 0 Å². The number of para-hydroxylation sites is 1. The van der Waals surface area contributed by atoms with E-state index in [1.165, 1.54) is 0 Å². The molecule has 0 atom stereocenters. The summed E-state index contributed by atoms with van der Waals surface area (Å²) in [7, 11) is 0. The van der Waals surface area contributed by atoms with Gasteiger partial charge >= 0.3 is 0 Å². The SMILES string of the molecule is Clc1nc(-c2ccccc2)c2c(ccc3cc(-c4ccccc4)n(-c4ccccc4)c32)n1. The average Bonchev–Trinajstić information content (AvgIpc) is 3.25. The largest absolute Gasteiger partial charge is 0.309 e. The molecule has 6 aromatic rings. The monoisotopic (exact) mass is 431 g/mol. The van der Waals surface area contributed by atoms with E-state index >= 15 is 0 Å². The Kier molecular flexibility index (Phi) is 4.48. The van der Waals surface area contributed by atoms with E-state index in [9.17, 15) is 0 Å². The van der Waals surface area contributed by atoms with Gasteiger partial charge in [0.1, 0.15) is 0 Å². The first kappa shape index (κ1) is 18.8. The average molecular weight is 432 g/mol. The van der Waals surface area contributed by atoms with Gasteiger partial charge in [-0.1, -0.05) is 84.9 Å². The lowest BCUT2D eigenvalue weighted by molar-refractivity contribution is 1.14. The zero-order valence-corrected chi connectivity index (χ0v) is 17.9. The Morgan fingerprint density at radius 3 is 1.94 bits per heavy atom. The van der Waals surface area contributed by atoms with Crippen molar-refractivity contribution < 1.29 is 0 Å². The molecule has 3 nitrogen and oxygen atoms in total. The second-order valence-electron chi connectivity index (χ2n) is 7.67. The lowest BCUT2D eigenvalue weighted by atomic mass is 10.0. The van der Waals surface area contributed by atoms with Gasteiger partial charge in [0.25, 0.3) is 0 Å². The van der Waals surface area contributed by atoms with E-state index in [1.54, 1.807) is 0 Å². The Morgan fingerprint density at radius 2 is 1.25 bits per heavy atom. The highest BCUT2D eigenvalue weighted by Gasteiger charge is 2.19. The molecule has 0 amide bonds. The van der Waals surface area contributed by atoms with E-state index in [1.807, 2.05) is 36.4 Å².